The Balaban J connectivity index is 1.93. The van der Waals surface area contributed by atoms with E-state index in [-0.39, 0.29) is 22.4 Å². The summed E-state index contributed by atoms with van der Waals surface area (Å²) in [5, 5.41) is 21.3. The molecule has 1 aliphatic heterocycles. The van der Waals surface area contributed by atoms with Gasteiger partial charge in [0.05, 0.1) is 23.1 Å². The SMILES string of the molecule is Cc1cc(C(F)(F)F)cc(N2C(=O)[C@H](C)[C@](O)(CO)[C@H]2c2nccn2-c2ccc(F)c(Cl)c2)n1. The van der Waals surface area contributed by atoms with Crippen LogP contribution in [0.3, 0.4) is 0 Å². The van der Waals surface area contributed by atoms with Crippen molar-refractivity contribution >= 4 is 23.3 Å². The fourth-order valence-corrected chi connectivity index (χ4v) is 4.30. The van der Waals surface area contributed by atoms with Gasteiger partial charge in [-0.1, -0.05) is 18.5 Å². The highest BCUT2D eigenvalue weighted by molar-refractivity contribution is 6.30. The van der Waals surface area contributed by atoms with Crippen molar-refractivity contribution in [3.8, 4) is 5.69 Å². The number of hydrogen-bond donors (Lipinski definition) is 2. The summed E-state index contributed by atoms with van der Waals surface area (Å²) in [7, 11) is 0. The molecule has 2 aromatic heterocycles. The lowest BCUT2D eigenvalue weighted by Gasteiger charge is -2.33. The Bertz CT molecular complexity index is 1270. The number of halogens is 5. The van der Waals surface area contributed by atoms with Gasteiger partial charge in [-0.2, -0.15) is 13.2 Å². The summed E-state index contributed by atoms with van der Waals surface area (Å²) in [6, 6.07) is 3.89. The first-order valence-corrected chi connectivity index (χ1v) is 10.5. The van der Waals surface area contributed by atoms with Gasteiger partial charge in [0.15, 0.2) is 0 Å². The van der Waals surface area contributed by atoms with Crippen LogP contribution in [0.25, 0.3) is 5.69 Å². The standard InChI is InChI=1S/C22H19ClF4N4O3/c1-11-7-13(22(25,26)27)8-17(29-11)31-18(21(34,10-32)12(2)20(31)33)19-28-5-6-30(19)14-3-4-16(24)15(23)9-14/h3-9,12,18,32,34H,10H2,1-2H3/t12-,18+,21+/m0/s1. The van der Waals surface area contributed by atoms with Crippen LogP contribution in [0.5, 0.6) is 0 Å². The van der Waals surface area contributed by atoms with Crippen LogP contribution in [0.15, 0.2) is 42.7 Å². The van der Waals surface area contributed by atoms with Gasteiger partial charge < -0.3 is 14.8 Å². The maximum absolute atomic E-state index is 13.7. The number of carbonyl (C=O) groups is 1. The van der Waals surface area contributed by atoms with Crippen molar-refractivity contribution in [1.29, 1.82) is 0 Å². The number of amides is 1. The van der Waals surface area contributed by atoms with Crippen molar-refractivity contribution in [2.24, 2.45) is 5.92 Å². The number of anilines is 1. The Morgan fingerprint density at radius 3 is 2.56 bits per heavy atom. The topological polar surface area (TPSA) is 91.5 Å². The lowest BCUT2D eigenvalue weighted by atomic mass is 9.86. The molecule has 0 spiro atoms. The first-order chi connectivity index (χ1) is 15.9. The van der Waals surface area contributed by atoms with Gasteiger partial charge >= 0.3 is 6.18 Å². The smallest absolute Gasteiger partial charge is 0.393 e. The van der Waals surface area contributed by atoms with Crippen LogP contribution >= 0.6 is 11.6 Å². The van der Waals surface area contributed by atoms with Crippen LogP contribution in [-0.4, -0.2) is 42.9 Å². The number of rotatable bonds is 4. The summed E-state index contributed by atoms with van der Waals surface area (Å²) in [5.41, 5.74) is -2.83. The molecule has 1 fully saturated rings. The van der Waals surface area contributed by atoms with E-state index in [1.165, 1.54) is 42.9 Å². The van der Waals surface area contributed by atoms with Crippen molar-refractivity contribution in [2.45, 2.75) is 31.7 Å². The lowest BCUT2D eigenvalue weighted by Crippen LogP contribution is -2.45. The molecule has 7 nitrogen and oxygen atoms in total. The molecule has 1 aliphatic rings. The zero-order valence-electron chi connectivity index (χ0n) is 17.9. The molecule has 180 valence electrons. The Morgan fingerprint density at radius 1 is 1.24 bits per heavy atom. The number of benzene rings is 1. The van der Waals surface area contributed by atoms with Crippen LogP contribution in [0.4, 0.5) is 23.4 Å². The fraction of sp³-hybridized carbons (Fsp3) is 0.318. The number of pyridine rings is 1. The second-order valence-corrected chi connectivity index (χ2v) is 8.50. The summed E-state index contributed by atoms with van der Waals surface area (Å²) < 4.78 is 55.5. The number of aliphatic hydroxyl groups excluding tert-OH is 1. The van der Waals surface area contributed by atoms with Crippen LogP contribution < -0.4 is 4.90 Å². The third-order valence-electron chi connectivity index (χ3n) is 5.95. The van der Waals surface area contributed by atoms with Crippen LogP contribution in [0, 0.1) is 18.7 Å². The minimum absolute atomic E-state index is 0.00266. The van der Waals surface area contributed by atoms with E-state index in [1.807, 2.05) is 0 Å². The van der Waals surface area contributed by atoms with Gasteiger partial charge in [0.1, 0.15) is 29.1 Å². The van der Waals surface area contributed by atoms with Crippen LogP contribution in [-0.2, 0) is 11.0 Å². The summed E-state index contributed by atoms with van der Waals surface area (Å²) in [4.78, 5) is 22.5. The van der Waals surface area contributed by atoms with Gasteiger partial charge in [0.25, 0.3) is 0 Å². The van der Waals surface area contributed by atoms with Crippen LogP contribution in [0.1, 0.15) is 30.0 Å². The molecule has 2 N–H and O–H groups in total. The number of aliphatic hydroxyl groups is 2. The molecular formula is C22H19ClF4N4O3. The molecule has 0 aliphatic carbocycles. The molecule has 3 aromatic rings. The molecular weight excluding hydrogens is 480 g/mol. The number of aryl methyl sites for hydroxylation is 1. The minimum Gasteiger partial charge on any atom is -0.393 e. The summed E-state index contributed by atoms with van der Waals surface area (Å²) in [5.74, 6) is -2.98. The molecule has 4 rings (SSSR count). The van der Waals surface area contributed by atoms with Crippen molar-refractivity contribution in [3.05, 3.63) is 70.6 Å². The third-order valence-corrected chi connectivity index (χ3v) is 6.24. The highest BCUT2D eigenvalue weighted by atomic mass is 35.5. The quantitative estimate of drug-likeness (QED) is 0.533. The number of imidazole rings is 1. The monoisotopic (exact) mass is 498 g/mol. The Labute approximate surface area is 196 Å². The van der Waals surface area contributed by atoms with Crippen molar-refractivity contribution in [2.75, 3.05) is 11.5 Å². The maximum atomic E-state index is 13.7. The largest absolute Gasteiger partial charge is 0.416 e. The normalized spacial score (nSPS) is 23.1. The number of nitrogens with zero attached hydrogens (tertiary/aromatic N) is 4. The summed E-state index contributed by atoms with van der Waals surface area (Å²) in [6.45, 7) is 1.81. The van der Waals surface area contributed by atoms with Gasteiger partial charge in [-0.25, -0.2) is 14.4 Å². The molecule has 0 saturated carbocycles. The molecule has 0 radical (unpaired) electrons. The number of hydrogen-bond acceptors (Lipinski definition) is 5. The molecule has 0 unspecified atom stereocenters. The zero-order chi connectivity index (χ0) is 25.0. The van der Waals surface area contributed by atoms with Crippen molar-refractivity contribution in [3.63, 3.8) is 0 Å². The second-order valence-electron chi connectivity index (χ2n) is 8.09. The average molecular weight is 499 g/mol. The van der Waals surface area contributed by atoms with E-state index in [4.69, 9.17) is 11.6 Å². The van der Waals surface area contributed by atoms with E-state index in [0.717, 1.165) is 17.0 Å². The van der Waals surface area contributed by atoms with E-state index >= 15 is 0 Å². The molecule has 3 atom stereocenters. The van der Waals surface area contributed by atoms with Gasteiger partial charge in [-0.05, 0) is 37.3 Å². The number of aromatic nitrogens is 3. The highest BCUT2D eigenvalue weighted by Crippen LogP contribution is 2.47. The molecule has 3 heterocycles. The predicted molar refractivity (Wildman–Crippen MR) is 114 cm³/mol. The predicted octanol–water partition coefficient (Wildman–Crippen LogP) is 3.83. The third kappa shape index (κ3) is 3.83. The molecule has 12 heteroatoms. The van der Waals surface area contributed by atoms with E-state index in [9.17, 15) is 32.6 Å². The van der Waals surface area contributed by atoms with Crippen molar-refractivity contribution < 1.29 is 32.6 Å². The number of carbonyl (C=O) groups excluding carboxylic acids is 1. The van der Waals surface area contributed by atoms with E-state index < -0.39 is 47.6 Å². The maximum Gasteiger partial charge on any atom is 0.416 e. The zero-order valence-corrected chi connectivity index (χ0v) is 18.6. The Morgan fingerprint density at radius 2 is 1.94 bits per heavy atom. The Hall–Kier alpha value is -3.02. The van der Waals surface area contributed by atoms with E-state index in [1.54, 1.807) is 0 Å². The van der Waals surface area contributed by atoms with E-state index in [2.05, 4.69) is 9.97 Å². The Kier molecular flexibility index (Phi) is 5.91. The van der Waals surface area contributed by atoms with Crippen molar-refractivity contribution in [1.82, 2.24) is 14.5 Å². The molecule has 1 saturated heterocycles. The first kappa shape index (κ1) is 24.1. The molecule has 1 aromatic carbocycles. The molecule has 0 bridgehead atoms. The summed E-state index contributed by atoms with van der Waals surface area (Å²) in [6.07, 6.45) is -1.92. The first-order valence-electron chi connectivity index (χ1n) is 10.1. The van der Waals surface area contributed by atoms with Gasteiger partial charge in [0.2, 0.25) is 5.91 Å². The van der Waals surface area contributed by atoms with E-state index in [0.29, 0.717) is 11.8 Å². The lowest BCUT2D eigenvalue weighted by molar-refractivity contribution is -0.137. The fourth-order valence-electron chi connectivity index (χ4n) is 4.13. The van der Waals surface area contributed by atoms with Crippen LogP contribution in [0.2, 0.25) is 5.02 Å². The van der Waals surface area contributed by atoms with Gasteiger partial charge in [0, 0.05) is 23.8 Å². The summed E-state index contributed by atoms with van der Waals surface area (Å²) >= 11 is 5.90. The molecule has 1 amide bonds. The second kappa shape index (κ2) is 8.33. The molecule has 34 heavy (non-hydrogen) atoms. The minimum atomic E-state index is -4.71. The highest BCUT2D eigenvalue weighted by Gasteiger charge is 2.59. The van der Waals surface area contributed by atoms with Gasteiger partial charge in [-0.15, -0.1) is 0 Å². The average Bonchev–Trinajstić information content (AvgIpc) is 3.32. The van der Waals surface area contributed by atoms with Gasteiger partial charge in [-0.3, -0.25) is 9.69 Å². The number of alkyl halides is 3.